The van der Waals surface area contributed by atoms with Gasteiger partial charge in [-0.2, -0.15) is 4.98 Å². The van der Waals surface area contributed by atoms with Crippen molar-refractivity contribution in [3.8, 4) is 0 Å². The Labute approximate surface area is 114 Å². The molecule has 7 heteroatoms. The molecule has 3 heterocycles. The Morgan fingerprint density at radius 2 is 2.26 bits per heavy atom. The maximum absolute atomic E-state index is 5.83. The predicted molar refractivity (Wildman–Crippen MR) is 70.1 cm³/mol. The van der Waals surface area contributed by atoms with E-state index in [0.29, 0.717) is 24.7 Å². The van der Waals surface area contributed by atoms with Gasteiger partial charge in [-0.25, -0.2) is 9.97 Å². The summed E-state index contributed by atoms with van der Waals surface area (Å²) >= 11 is 5.83. The van der Waals surface area contributed by atoms with Crippen LogP contribution in [0.3, 0.4) is 0 Å². The van der Waals surface area contributed by atoms with Crippen LogP contribution in [-0.2, 0) is 13.0 Å². The Morgan fingerprint density at radius 1 is 1.37 bits per heavy atom. The zero-order valence-electron chi connectivity index (χ0n) is 10.4. The molecule has 0 amide bonds. The normalized spacial score (nSPS) is 11.3. The van der Waals surface area contributed by atoms with E-state index in [1.165, 1.54) is 6.39 Å². The number of rotatable bonds is 4. The van der Waals surface area contributed by atoms with Gasteiger partial charge in [0.15, 0.2) is 11.5 Å². The van der Waals surface area contributed by atoms with Crippen molar-refractivity contribution in [2.45, 2.75) is 19.9 Å². The average Bonchev–Trinajstić information content (AvgIpc) is 2.99. The van der Waals surface area contributed by atoms with Gasteiger partial charge in [-0.3, -0.25) is 0 Å². The Bertz CT molecular complexity index is 692. The van der Waals surface area contributed by atoms with Crippen molar-refractivity contribution >= 4 is 22.8 Å². The summed E-state index contributed by atoms with van der Waals surface area (Å²) in [7, 11) is 0. The Hall–Kier alpha value is -1.95. The van der Waals surface area contributed by atoms with E-state index in [4.69, 9.17) is 16.1 Å². The Morgan fingerprint density at radius 3 is 3.00 bits per heavy atom. The standard InChI is InChI=1S/C12H12ClN5O/c1-8-4-9-12(14-5-8)18(11(16-9)2-3-13)6-10-15-7-19-17-10/h4-5,7H,2-3,6H2,1H3. The summed E-state index contributed by atoms with van der Waals surface area (Å²) in [4.78, 5) is 13.0. The number of hydrogen-bond donors (Lipinski definition) is 0. The monoisotopic (exact) mass is 277 g/mol. The molecule has 0 aliphatic rings. The minimum Gasteiger partial charge on any atom is -0.343 e. The molecule has 0 saturated carbocycles. The van der Waals surface area contributed by atoms with Gasteiger partial charge in [-0.1, -0.05) is 5.16 Å². The maximum atomic E-state index is 5.83. The third-order valence-corrected chi connectivity index (χ3v) is 3.01. The third kappa shape index (κ3) is 2.31. The van der Waals surface area contributed by atoms with E-state index >= 15 is 0 Å². The summed E-state index contributed by atoms with van der Waals surface area (Å²) < 4.78 is 6.73. The smallest absolute Gasteiger partial charge is 0.213 e. The highest BCUT2D eigenvalue weighted by molar-refractivity contribution is 6.17. The van der Waals surface area contributed by atoms with Crippen LogP contribution in [0.1, 0.15) is 17.2 Å². The van der Waals surface area contributed by atoms with Gasteiger partial charge in [0.1, 0.15) is 11.3 Å². The molecule has 0 atom stereocenters. The molecule has 0 bridgehead atoms. The number of pyridine rings is 1. The first kappa shape index (κ1) is 12.1. The van der Waals surface area contributed by atoms with E-state index < -0.39 is 0 Å². The van der Waals surface area contributed by atoms with Crippen molar-refractivity contribution < 1.29 is 4.52 Å². The van der Waals surface area contributed by atoms with Crippen molar-refractivity contribution in [3.63, 3.8) is 0 Å². The summed E-state index contributed by atoms with van der Waals surface area (Å²) in [6.07, 6.45) is 3.81. The van der Waals surface area contributed by atoms with Crippen LogP contribution in [0.2, 0.25) is 0 Å². The van der Waals surface area contributed by atoms with Gasteiger partial charge in [-0.05, 0) is 18.6 Å². The second-order valence-corrected chi connectivity index (χ2v) is 4.63. The van der Waals surface area contributed by atoms with E-state index in [-0.39, 0.29) is 0 Å². The minimum absolute atomic E-state index is 0.481. The molecular weight excluding hydrogens is 266 g/mol. The van der Waals surface area contributed by atoms with Crippen LogP contribution in [0.4, 0.5) is 0 Å². The molecule has 0 unspecified atom stereocenters. The molecule has 0 aliphatic carbocycles. The first-order chi connectivity index (χ1) is 9.28. The highest BCUT2D eigenvalue weighted by Gasteiger charge is 2.13. The molecule has 0 aromatic carbocycles. The zero-order chi connectivity index (χ0) is 13.2. The van der Waals surface area contributed by atoms with Crippen LogP contribution in [0.25, 0.3) is 11.2 Å². The molecular formula is C12H12ClN5O. The molecule has 0 aliphatic heterocycles. The number of alkyl halides is 1. The van der Waals surface area contributed by atoms with Crippen LogP contribution in [-0.4, -0.2) is 30.6 Å². The van der Waals surface area contributed by atoms with Gasteiger partial charge in [-0.15, -0.1) is 11.6 Å². The highest BCUT2D eigenvalue weighted by atomic mass is 35.5. The van der Waals surface area contributed by atoms with Crippen molar-refractivity contribution in [2.24, 2.45) is 0 Å². The average molecular weight is 278 g/mol. The van der Waals surface area contributed by atoms with Gasteiger partial charge in [0.2, 0.25) is 6.39 Å². The second kappa shape index (κ2) is 4.97. The number of imidazole rings is 1. The van der Waals surface area contributed by atoms with Crippen molar-refractivity contribution in [1.82, 2.24) is 24.7 Å². The minimum atomic E-state index is 0.481. The number of halogens is 1. The molecule has 0 saturated heterocycles. The largest absolute Gasteiger partial charge is 0.343 e. The van der Waals surface area contributed by atoms with Crippen LogP contribution in [0.5, 0.6) is 0 Å². The van der Waals surface area contributed by atoms with Gasteiger partial charge < -0.3 is 9.09 Å². The zero-order valence-corrected chi connectivity index (χ0v) is 11.1. The van der Waals surface area contributed by atoms with Crippen molar-refractivity contribution in [3.05, 3.63) is 35.9 Å². The molecule has 6 nitrogen and oxygen atoms in total. The molecule has 3 aromatic rings. The number of aryl methyl sites for hydroxylation is 2. The lowest BCUT2D eigenvalue weighted by Gasteiger charge is -2.04. The number of nitrogens with zero attached hydrogens (tertiary/aromatic N) is 5. The second-order valence-electron chi connectivity index (χ2n) is 4.26. The highest BCUT2D eigenvalue weighted by Crippen LogP contribution is 2.17. The first-order valence-electron chi connectivity index (χ1n) is 5.91. The van der Waals surface area contributed by atoms with E-state index in [0.717, 1.165) is 22.6 Å². The third-order valence-electron chi connectivity index (χ3n) is 2.83. The van der Waals surface area contributed by atoms with Crippen LogP contribution >= 0.6 is 11.6 Å². The maximum Gasteiger partial charge on any atom is 0.213 e. The molecule has 3 aromatic heterocycles. The van der Waals surface area contributed by atoms with E-state index in [2.05, 4.69) is 20.1 Å². The number of fused-ring (bicyclic) bond motifs is 1. The summed E-state index contributed by atoms with van der Waals surface area (Å²) in [5, 5.41) is 3.82. The lowest BCUT2D eigenvalue weighted by Crippen LogP contribution is -2.07. The van der Waals surface area contributed by atoms with E-state index in [9.17, 15) is 0 Å². The van der Waals surface area contributed by atoms with E-state index in [1.54, 1.807) is 0 Å². The number of hydrogen-bond acceptors (Lipinski definition) is 5. The van der Waals surface area contributed by atoms with Gasteiger partial charge in [0, 0.05) is 18.5 Å². The van der Waals surface area contributed by atoms with Crippen LogP contribution < -0.4 is 0 Å². The Balaban J connectivity index is 2.10. The molecule has 98 valence electrons. The topological polar surface area (TPSA) is 69.6 Å². The molecule has 0 fully saturated rings. The van der Waals surface area contributed by atoms with Gasteiger partial charge in [0.05, 0.1) is 6.54 Å². The molecule has 0 spiro atoms. The van der Waals surface area contributed by atoms with Gasteiger partial charge in [0.25, 0.3) is 0 Å². The SMILES string of the molecule is Cc1cnc2c(c1)nc(CCCl)n2Cc1ncon1. The first-order valence-corrected chi connectivity index (χ1v) is 6.44. The lowest BCUT2D eigenvalue weighted by atomic mass is 10.3. The van der Waals surface area contributed by atoms with E-state index in [1.807, 2.05) is 23.8 Å². The van der Waals surface area contributed by atoms with Crippen LogP contribution in [0.15, 0.2) is 23.2 Å². The summed E-state index contributed by atoms with van der Waals surface area (Å²) in [6, 6.07) is 2.01. The van der Waals surface area contributed by atoms with Crippen molar-refractivity contribution in [1.29, 1.82) is 0 Å². The number of aromatic nitrogens is 5. The quantitative estimate of drug-likeness (QED) is 0.682. The molecule has 3 rings (SSSR count). The van der Waals surface area contributed by atoms with Crippen LogP contribution in [0, 0.1) is 6.92 Å². The molecule has 0 radical (unpaired) electrons. The fraction of sp³-hybridized carbons (Fsp3) is 0.333. The predicted octanol–water partition coefficient (Wildman–Crippen LogP) is 1.95. The molecule has 19 heavy (non-hydrogen) atoms. The fourth-order valence-electron chi connectivity index (χ4n) is 2.00. The fourth-order valence-corrected chi connectivity index (χ4v) is 2.17. The van der Waals surface area contributed by atoms with Crippen molar-refractivity contribution in [2.75, 3.05) is 5.88 Å². The van der Waals surface area contributed by atoms with Gasteiger partial charge >= 0.3 is 0 Å². The Kier molecular flexibility index (Phi) is 3.16. The summed E-state index contributed by atoms with van der Waals surface area (Å²) in [5.74, 6) is 1.99. The summed E-state index contributed by atoms with van der Waals surface area (Å²) in [5.41, 5.74) is 2.76. The molecule has 0 N–H and O–H groups in total. The summed E-state index contributed by atoms with van der Waals surface area (Å²) in [6.45, 7) is 2.47. The lowest BCUT2D eigenvalue weighted by molar-refractivity contribution is 0.408.